The van der Waals surface area contributed by atoms with E-state index in [4.69, 9.17) is 0 Å². The number of H-pyrrole nitrogens is 2. The highest BCUT2D eigenvalue weighted by atomic mass is 19.4. The number of hydrogen-bond donors (Lipinski definition) is 2. The molecule has 1 aromatic carbocycles. The van der Waals surface area contributed by atoms with Crippen molar-refractivity contribution in [3.05, 3.63) is 61.9 Å². The third kappa shape index (κ3) is 3.78. The largest absolute Gasteiger partial charge is 0.436 e. The van der Waals surface area contributed by atoms with Crippen LogP contribution in [0.25, 0.3) is 11.0 Å². The molecule has 6 nitrogen and oxygen atoms in total. The molecule has 2 N–H and O–H groups in total. The highest BCUT2D eigenvalue weighted by Crippen LogP contribution is 2.36. The zero-order chi connectivity index (χ0) is 21.7. The Balaban J connectivity index is 2.28. The summed E-state index contributed by atoms with van der Waals surface area (Å²) in [6.45, 7) is 3.24. The minimum absolute atomic E-state index is 0.229. The fourth-order valence-electron chi connectivity index (χ4n) is 3.15. The van der Waals surface area contributed by atoms with E-state index in [-0.39, 0.29) is 5.56 Å². The summed E-state index contributed by atoms with van der Waals surface area (Å²) < 4.78 is 79.5. The van der Waals surface area contributed by atoms with Crippen LogP contribution in [0.2, 0.25) is 0 Å². The van der Waals surface area contributed by atoms with E-state index in [1.54, 1.807) is 18.8 Å². The molecule has 29 heavy (non-hydrogen) atoms. The Labute approximate surface area is 158 Å². The number of aromatic amines is 2. The molecule has 0 spiro atoms. The molecular formula is C17H14F6N4O2. The van der Waals surface area contributed by atoms with Gasteiger partial charge in [-0.05, 0) is 23.6 Å². The lowest BCUT2D eigenvalue weighted by Crippen LogP contribution is -2.25. The maximum Gasteiger partial charge on any atom is 0.436 e. The van der Waals surface area contributed by atoms with Gasteiger partial charge in [0.2, 0.25) is 0 Å². The topological polar surface area (TPSA) is 83.5 Å². The normalized spacial score (nSPS) is 14.0. The number of halogens is 6. The van der Waals surface area contributed by atoms with Crippen LogP contribution in [0.5, 0.6) is 0 Å². The van der Waals surface area contributed by atoms with Crippen molar-refractivity contribution in [2.45, 2.75) is 32.2 Å². The summed E-state index contributed by atoms with van der Waals surface area (Å²) in [6, 6.07) is 2.88. The van der Waals surface area contributed by atoms with Gasteiger partial charge in [0.25, 0.3) is 5.56 Å². The molecule has 0 fully saturated rings. The van der Waals surface area contributed by atoms with Gasteiger partial charge in [0, 0.05) is 0 Å². The lowest BCUT2D eigenvalue weighted by atomic mass is 9.95. The minimum Gasteiger partial charge on any atom is -0.291 e. The Morgan fingerprint density at radius 3 is 2.00 bits per heavy atom. The molecular weight excluding hydrogens is 406 g/mol. The molecule has 0 aliphatic heterocycles. The zero-order valence-corrected chi connectivity index (χ0v) is 14.9. The van der Waals surface area contributed by atoms with Gasteiger partial charge in [0.1, 0.15) is 11.0 Å². The summed E-state index contributed by atoms with van der Waals surface area (Å²) in [5.74, 6) is -0.446. The first-order valence-electron chi connectivity index (χ1n) is 8.30. The van der Waals surface area contributed by atoms with Crippen molar-refractivity contribution in [1.29, 1.82) is 0 Å². The number of alkyl halides is 6. The molecule has 0 bridgehead atoms. The van der Waals surface area contributed by atoms with Crippen molar-refractivity contribution >= 4 is 11.0 Å². The van der Waals surface area contributed by atoms with Gasteiger partial charge in [-0.1, -0.05) is 26.0 Å². The van der Waals surface area contributed by atoms with Crippen LogP contribution < -0.4 is 11.2 Å². The Kier molecular flexibility index (Phi) is 4.83. The fraction of sp³-hybridized carbons (Fsp3) is 0.353. The van der Waals surface area contributed by atoms with Gasteiger partial charge in [-0.25, -0.2) is 9.48 Å². The quantitative estimate of drug-likeness (QED) is 0.634. The van der Waals surface area contributed by atoms with Crippen molar-refractivity contribution in [2.24, 2.45) is 5.92 Å². The second-order valence-electron chi connectivity index (χ2n) is 6.73. The number of aromatic nitrogens is 4. The standard InChI is InChI=1S/C17H14F6N4O2/c1-7(2)11(8-3-5-9(6-4-8)16(18,19)20)27-13-10(12(26-27)17(21,22)23)14(28)25-15(29)24-13/h3-7,11H,1-2H3,(H2,24,25,28,29). The Hall–Kier alpha value is -3.05. The molecule has 1 unspecified atom stereocenters. The number of hydrogen-bond acceptors (Lipinski definition) is 3. The maximum absolute atomic E-state index is 13.4. The van der Waals surface area contributed by atoms with Crippen LogP contribution in [0.1, 0.15) is 36.7 Å². The number of nitrogens with zero attached hydrogens (tertiary/aromatic N) is 2. The van der Waals surface area contributed by atoms with Crippen LogP contribution in [-0.4, -0.2) is 19.7 Å². The van der Waals surface area contributed by atoms with Crippen LogP contribution in [0.3, 0.4) is 0 Å². The first-order valence-corrected chi connectivity index (χ1v) is 8.30. The smallest absolute Gasteiger partial charge is 0.291 e. The SMILES string of the molecule is CC(C)C(c1ccc(C(F)(F)F)cc1)n1nc(C(F)(F)F)c2c(=O)[nH]c(=O)[nH]c21. The third-order valence-corrected chi connectivity index (χ3v) is 4.34. The van der Waals surface area contributed by atoms with Crippen LogP contribution in [-0.2, 0) is 12.4 Å². The van der Waals surface area contributed by atoms with E-state index in [9.17, 15) is 35.9 Å². The molecule has 2 heterocycles. The first-order chi connectivity index (χ1) is 13.3. The Morgan fingerprint density at radius 2 is 1.52 bits per heavy atom. The van der Waals surface area contributed by atoms with E-state index in [2.05, 4.69) is 10.1 Å². The lowest BCUT2D eigenvalue weighted by molar-refractivity contribution is -0.140. The minimum atomic E-state index is -4.99. The molecule has 1 atom stereocenters. The second kappa shape index (κ2) is 6.78. The summed E-state index contributed by atoms with van der Waals surface area (Å²) in [4.78, 5) is 27.5. The molecule has 0 aliphatic rings. The number of fused-ring (bicyclic) bond motifs is 1. The second-order valence-corrected chi connectivity index (χ2v) is 6.73. The molecule has 156 valence electrons. The predicted octanol–water partition coefficient (Wildman–Crippen LogP) is 3.70. The van der Waals surface area contributed by atoms with Crippen molar-refractivity contribution < 1.29 is 26.3 Å². The predicted molar refractivity (Wildman–Crippen MR) is 90.4 cm³/mol. The summed E-state index contributed by atoms with van der Waals surface area (Å²) in [5, 5.41) is 2.66. The fourth-order valence-corrected chi connectivity index (χ4v) is 3.15. The van der Waals surface area contributed by atoms with E-state index < -0.39 is 57.9 Å². The molecule has 3 rings (SSSR count). The van der Waals surface area contributed by atoms with Crippen molar-refractivity contribution in [1.82, 2.24) is 19.7 Å². The molecule has 2 aromatic heterocycles. The van der Waals surface area contributed by atoms with Crippen LogP contribution in [0.4, 0.5) is 26.3 Å². The van der Waals surface area contributed by atoms with E-state index in [0.29, 0.717) is 0 Å². The maximum atomic E-state index is 13.4. The third-order valence-electron chi connectivity index (χ3n) is 4.34. The van der Waals surface area contributed by atoms with E-state index in [1.807, 2.05) is 0 Å². The van der Waals surface area contributed by atoms with E-state index in [0.717, 1.165) is 28.9 Å². The molecule has 0 saturated heterocycles. The van der Waals surface area contributed by atoms with Gasteiger partial charge in [-0.3, -0.25) is 14.8 Å². The molecule has 12 heteroatoms. The molecule has 3 aromatic rings. The van der Waals surface area contributed by atoms with Crippen molar-refractivity contribution in [2.75, 3.05) is 0 Å². The number of nitrogens with one attached hydrogen (secondary N) is 2. The first kappa shape index (κ1) is 20.7. The van der Waals surface area contributed by atoms with Crippen molar-refractivity contribution in [3.63, 3.8) is 0 Å². The highest BCUT2D eigenvalue weighted by Gasteiger charge is 2.40. The van der Waals surface area contributed by atoms with Gasteiger partial charge in [-0.2, -0.15) is 31.4 Å². The number of benzene rings is 1. The molecule has 0 aliphatic carbocycles. The number of rotatable bonds is 3. The van der Waals surface area contributed by atoms with Crippen molar-refractivity contribution in [3.8, 4) is 0 Å². The summed E-state index contributed by atoms with van der Waals surface area (Å²) >= 11 is 0. The highest BCUT2D eigenvalue weighted by molar-refractivity contribution is 5.77. The van der Waals surface area contributed by atoms with Crippen LogP contribution >= 0.6 is 0 Å². The van der Waals surface area contributed by atoms with Crippen LogP contribution in [0.15, 0.2) is 33.9 Å². The average Bonchev–Trinajstić information content (AvgIpc) is 2.94. The molecule has 0 radical (unpaired) electrons. The Morgan fingerprint density at radius 1 is 0.931 bits per heavy atom. The monoisotopic (exact) mass is 420 g/mol. The van der Waals surface area contributed by atoms with E-state index >= 15 is 0 Å². The van der Waals surface area contributed by atoms with Gasteiger partial charge in [0.05, 0.1) is 11.6 Å². The summed E-state index contributed by atoms with van der Waals surface area (Å²) in [6.07, 6.45) is -9.57. The summed E-state index contributed by atoms with van der Waals surface area (Å²) in [5.41, 5.74) is -4.96. The average molecular weight is 420 g/mol. The molecule has 0 saturated carbocycles. The van der Waals surface area contributed by atoms with Gasteiger partial charge in [0.15, 0.2) is 5.69 Å². The van der Waals surface area contributed by atoms with Crippen LogP contribution in [0, 0.1) is 5.92 Å². The summed E-state index contributed by atoms with van der Waals surface area (Å²) in [7, 11) is 0. The van der Waals surface area contributed by atoms with Gasteiger partial charge in [-0.15, -0.1) is 0 Å². The van der Waals surface area contributed by atoms with Gasteiger partial charge < -0.3 is 0 Å². The zero-order valence-electron chi connectivity index (χ0n) is 14.9. The Bertz CT molecular complexity index is 1150. The lowest BCUT2D eigenvalue weighted by Gasteiger charge is -2.23. The molecule has 0 amide bonds. The van der Waals surface area contributed by atoms with E-state index in [1.165, 1.54) is 0 Å². The van der Waals surface area contributed by atoms with Gasteiger partial charge >= 0.3 is 18.0 Å².